The zero-order valence-corrected chi connectivity index (χ0v) is 10.8. The summed E-state index contributed by atoms with van der Waals surface area (Å²) in [7, 11) is 0. The van der Waals surface area contributed by atoms with Crippen LogP contribution in [0.1, 0.15) is 4.88 Å². The molecule has 2 aromatic heterocycles. The van der Waals surface area contributed by atoms with E-state index in [1.54, 1.807) is 34.5 Å². The van der Waals surface area contributed by atoms with Crippen molar-refractivity contribution in [2.24, 2.45) is 0 Å². The van der Waals surface area contributed by atoms with E-state index in [2.05, 4.69) is 26.3 Å². The summed E-state index contributed by atoms with van der Waals surface area (Å²) < 4.78 is 2.65. The van der Waals surface area contributed by atoms with Gasteiger partial charge < -0.3 is 5.32 Å². The van der Waals surface area contributed by atoms with Gasteiger partial charge in [0.15, 0.2) is 0 Å². The first kappa shape index (κ1) is 11.3. The fourth-order valence-electron chi connectivity index (χ4n) is 1.23. The largest absolute Gasteiger partial charge is 0.350 e. The first-order valence-corrected chi connectivity index (χ1v) is 6.38. The van der Waals surface area contributed by atoms with Crippen molar-refractivity contribution >= 4 is 33.2 Å². The van der Waals surface area contributed by atoms with Crippen LogP contribution in [0.25, 0.3) is 0 Å². The lowest BCUT2D eigenvalue weighted by atomic mass is 10.4. The quantitative estimate of drug-likeness (QED) is 0.939. The Labute approximate surface area is 105 Å². The second kappa shape index (κ2) is 5.27. The van der Waals surface area contributed by atoms with E-state index < -0.39 is 0 Å². The fraction of sp³-hybridized carbons (Fsp3) is 0.200. The van der Waals surface area contributed by atoms with Crippen LogP contribution in [-0.4, -0.2) is 15.7 Å². The molecule has 2 heterocycles. The Kier molecular flexibility index (Phi) is 3.74. The molecule has 1 amide bonds. The molecule has 0 spiro atoms. The maximum absolute atomic E-state index is 11.5. The van der Waals surface area contributed by atoms with Crippen LogP contribution in [0.4, 0.5) is 0 Å². The van der Waals surface area contributed by atoms with Crippen LogP contribution in [-0.2, 0) is 17.9 Å². The summed E-state index contributed by atoms with van der Waals surface area (Å²) in [5.74, 6) is -0.0341. The molecule has 0 atom stereocenters. The lowest BCUT2D eigenvalue weighted by molar-refractivity contribution is -0.122. The van der Waals surface area contributed by atoms with Crippen molar-refractivity contribution in [1.82, 2.24) is 15.1 Å². The lowest BCUT2D eigenvalue weighted by Gasteiger charge is -2.03. The summed E-state index contributed by atoms with van der Waals surface area (Å²) in [6.07, 6.45) is 3.42. The second-order valence-corrected chi connectivity index (χ2v) is 5.12. The number of rotatable bonds is 4. The molecule has 0 aliphatic rings. The van der Waals surface area contributed by atoms with Crippen molar-refractivity contribution in [2.75, 3.05) is 0 Å². The molecule has 0 aliphatic carbocycles. The molecular formula is C10H10BrN3OS. The van der Waals surface area contributed by atoms with Gasteiger partial charge in [-0.3, -0.25) is 9.48 Å². The molecule has 2 rings (SSSR count). The van der Waals surface area contributed by atoms with Gasteiger partial charge in [-0.15, -0.1) is 11.3 Å². The van der Waals surface area contributed by atoms with Gasteiger partial charge in [-0.05, 0) is 28.1 Å². The maximum atomic E-state index is 11.5. The van der Waals surface area contributed by atoms with Crippen molar-refractivity contribution in [3.05, 3.63) is 39.3 Å². The van der Waals surface area contributed by atoms with Crippen molar-refractivity contribution in [3.8, 4) is 0 Å². The Morgan fingerprint density at radius 1 is 1.62 bits per heavy atom. The monoisotopic (exact) mass is 299 g/mol. The Morgan fingerprint density at radius 2 is 2.50 bits per heavy atom. The third-order valence-corrected chi connectivity index (χ3v) is 3.64. The molecular weight excluding hydrogens is 290 g/mol. The smallest absolute Gasteiger partial charge is 0.242 e. The standard InChI is InChI=1S/C10H10BrN3OS/c11-8-4-9(16-7-8)5-12-10(15)6-14-3-1-2-13-14/h1-4,7H,5-6H2,(H,12,15). The molecule has 0 fully saturated rings. The molecule has 4 nitrogen and oxygen atoms in total. The number of thiophene rings is 1. The van der Waals surface area contributed by atoms with E-state index >= 15 is 0 Å². The van der Waals surface area contributed by atoms with Gasteiger partial charge in [0.25, 0.3) is 0 Å². The number of carbonyl (C=O) groups is 1. The summed E-state index contributed by atoms with van der Waals surface area (Å²) in [6, 6.07) is 3.79. The molecule has 0 aliphatic heterocycles. The molecule has 0 unspecified atom stereocenters. The van der Waals surface area contributed by atoms with Crippen LogP contribution in [0.3, 0.4) is 0 Å². The average molecular weight is 300 g/mol. The van der Waals surface area contributed by atoms with Crippen LogP contribution < -0.4 is 5.32 Å². The Bertz CT molecular complexity index is 466. The highest BCUT2D eigenvalue weighted by molar-refractivity contribution is 9.10. The number of amides is 1. The van der Waals surface area contributed by atoms with Crippen molar-refractivity contribution in [2.45, 2.75) is 13.1 Å². The summed E-state index contributed by atoms with van der Waals surface area (Å²) in [5.41, 5.74) is 0. The van der Waals surface area contributed by atoms with Crippen molar-refractivity contribution in [1.29, 1.82) is 0 Å². The van der Waals surface area contributed by atoms with Gasteiger partial charge in [0.2, 0.25) is 5.91 Å². The molecule has 2 aromatic rings. The first-order chi connectivity index (χ1) is 7.74. The van der Waals surface area contributed by atoms with Gasteiger partial charge >= 0.3 is 0 Å². The molecule has 0 saturated heterocycles. The number of nitrogens with one attached hydrogen (secondary N) is 1. The summed E-state index contributed by atoms with van der Waals surface area (Å²) in [5, 5.41) is 8.80. The molecule has 0 aromatic carbocycles. The summed E-state index contributed by atoms with van der Waals surface area (Å²) in [4.78, 5) is 12.6. The van der Waals surface area contributed by atoms with E-state index in [1.807, 2.05) is 11.4 Å². The molecule has 0 radical (unpaired) electrons. The van der Waals surface area contributed by atoms with E-state index in [1.165, 1.54) is 0 Å². The Balaban J connectivity index is 1.80. The van der Waals surface area contributed by atoms with Gasteiger partial charge in [-0.2, -0.15) is 5.10 Å². The zero-order valence-electron chi connectivity index (χ0n) is 8.39. The van der Waals surface area contributed by atoms with Crippen LogP contribution in [0, 0.1) is 0 Å². The van der Waals surface area contributed by atoms with Crippen LogP contribution in [0.15, 0.2) is 34.4 Å². The first-order valence-electron chi connectivity index (χ1n) is 4.71. The predicted molar refractivity (Wildman–Crippen MR) is 66.1 cm³/mol. The highest BCUT2D eigenvalue weighted by Gasteiger charge is 2.03. The summed E-state index contributed by atoms with van der Waals surface area (Å²) in [6.45, 7) is 0.829. The third-order valence-electron chi connectivity index (χ3n) is 1.95. The molecule has 0 saturated carbocycles. The minimum absolute atomic E-state index is 0.0341. The van der Waals surface area contributed by atoms with Crippen molar-refractivity contribution in [3.63, 3.8) is 0 Å². The number of carbonyl (C=O) groups excluding carboxylic acids is 1. The van der Waals surface area contributed by atoms with Crippen molar-refractivity contribution < 1.29 is 4.79 Å². The minimum Gasteiger partial charge on any atom is -0.350 e. The molecule has 84 valence electrons. The third kappa shape index (κ3) is 3.18. The highest BCUT2D eigenvalue weighted by Crippen LogP contribution is 2.19. The SMILES string of the molecule is O=C(Cn1cccn1)NCc1cc(Br)cs1. The minimum atomic E-state index is -0.0341. The van der Waals surface area contributed by atoms with E-state index in [-0.39, 0.29) is 12.5 Å². The number of hydrogen-bond acceptors (Lipinski definition) is 3. The van der Waals surface area contributed by atoms with E-state index in [0.29, 0.717) is 6.54 Å². The normalized spacial score (nSPS) is 10.3. The topological polar surface area (TPSA) is 46.9 Å². The van der Waals surface area contributed by atoms with E-state index in [4.69, 9.17) is 0 Å². The summed E-state index contributed by atoms with van der Waals surface area (Å²) >= 11 is 4.99. The zero-order chi connectivity index (χ0) is 11.4. The van der Waals surface area contributed by atoms with Gasteiger partial charge in [-0.25, -0.2) is 0 Å². The Hall–Kier alpha value is -1.14. The maximum Gasteiger partial charge on any atom is 0.242 e. The highest BCUT2D eigenvalue weighted by atomic mass is 79.9. The van der Waals surface area contributed by atoms with Gasteiger partial charge in [0, 0.05) is 27.1 Å². The van der Waals surface area contributed by atoms with E-state index in [9.17, 15) is 4.79 Å². The molecule has 6 heteroatoms. The second-order valence-electron chi connectivity index (χ2n) is 3.21. The van der Waals surface area contributed by atoms with Gasteiger partial charge in [0.05, 0.1) is 6.54 Å². The Morgan fingerprint density at radius 3 is 3.12 bits per heavy atom. The number of halogens is 1. The lowest BCUT2D eigenvalue weighted by Crippen LogP contribution is -2.26. The molecule has 0 bridgehead atoms. The van der Waals surface area contributed by atoms with Gasteiger partial charge in [-0.1, -0.05) is 0 Å². The van der Waals surface area contributed by atoms with E-state index in [0.717, 1.165) is 9.35 Å². The van der Waals surface area contributed by atoms with Gasteiger partial charge in [0.1, 0.15) is 6.54 Å². The van der Waals surface area contributed by atoms with Crippen LogP contribution in [0.5, 0.6) is 0 Å². The fourth-order valence-corrected chi connectivity index (χ4v) is 2.62. The number of hydrogen-bond donors (Lipinski definition) is 1. The predicted octanol–water partition coefficient (Wildman–Crippen LogP) is 2.02. The molecule has 16 heavy (non-hydrogen) atoms. The molecule has 1 N–H and O–H groups in total. The van der Waals surface area contributed by atoms with Crippen LogP contribution >= 0.6 is 27.3 Å². The van der Waals surface area contributed by atoms with Crippen LogP contribution in [0.2, 0.25) is 0 Å². The average Bonchev–Trinajstić information content (AvgIpc) is 2.87. The number of aromatic nitrogens is 2. The number of nitrogens with zero attached hydrogens (tertiary/aromatic N) is 2.